The predicted octanol–water partition coefficient (Wildman–Crippen LogP) is 5.56. The number of benzene rings is 2. The van der Waals surface area contributed by atoms with Gasteiger partial charge in [0.15, 0.2) is 5.16 Å². The van der Waals surface area contributed by atoms with Crippen molar-refractivity contribution in [3.8, 4) is 5.75 Å². The van der Waals surface area contributed by atoms with Gasteiger partial charge in [0.25, 0.3) is 0 Å². The van der Waals surface area contributed by atoms with Gasteiger partial charge in [0.1, 0.15) is 17.4 Å². The van der Waals surface area contributed by atoms with Crippen molar-refractivity contribution in [3.63, 3.8) is 0 Å². The molecule has 3 aromatic rings. The van der Waals surface area contributed by atoms with E-state index in [0.29, 0.717) is 33.7 Å². The Morgan fingerprint density at radius 3 is 2.74 bits per heavy atom. The zero-order valence-corrected chi connectivity index (χ0v) is 17.0. The summed E-state index contributed by atoms with van der Waals surface area (Å²) in [6.07, 6.45) is 1.48. The van der Waals surface area contributed by atoms with Gasteiger partial charge in [0.2, 0.25) is 0 Å². The van der Waals surface area contributed by atoms with E-state index in [-0.39, 0.29) is 5.82 Å². The van der Waals surface area contributed by atoms with Gasteiger partial charge in [0.05, 0.1) is 11.6 Å². The molecule has 0 radical (unpaired) electrons. The van der Waals surface area contributed by atoms with Gasteiger partial charge in [-0.1, -0.05) is 53.2 Å². The van der Waals surface area contributed by atoms with Crippen LogP contribution in [0, 0.1) is 5.82 Å². The SMILES string of the molecule is Cn1c(CCCOc2ccc(Cl)cc2Cl)nnc1SCc1ccccc1F. The molecule has 4 nitrogen and oxygen atoms in total. The highest BCUT2D eigenvalue weighted by atomic mass is 35.5. The minimum Gasteiger partial charge on any atom is -0.492 e. The molecule has 0 bridgehead atoms. The zero-order chi connectivity index (χ0) is 19.2. The molecule has 8 heteroatoms. The minimum atomic E-state index is -0.203. The smallest absolute Gasteiger partial charge is 0.191 e. The maximum atomic E-state index is 13.7. The van der Waals surface area contributed by atoms with E-state index in [2.05, 4.69) is 10.2 Å². The van der Waals surface area contributed by atoms with Gasteiger partial charge in [-0.25, -0.2) is 4.39 Å². The Hall–Kier alpha value is -1.76. The van der Waals surface area contributed by atoms with E-state index < -0.39 is 0 Å². The zero-order valence-electron chi connectivity index (χ0n) is 14.7. The highest BCUT2D eigenvalue weighted by Crippen LogP contribution is 2.27. The molecule has 0 amide bonds. The number of hydrogen-bond donors (Lipinski definition) is 0. The Morgan fingerprint density at radius 2 is 1.96 bits per heavy atom. The van der Waals surface area contributed by atoms with E-state index in [0.717, 1.165) is 23.8 Å². The number of aryl methyl sites for hydroxylation is 1. The number of aromatic nitrogens is 3. The summed E-state index contributed by atoms with van der Waals surface area (Å²) in [5.41, 5.74) is 0.653. The quantitative estimate of drug-likeness (QED) is 0.349. The van der Waals surface area contributed by atoms with Crippen LogP contribution in [0.15, 0.2) is 47.6 Å². The molecule has 0 saturated heterocycles. The second-order valence-corrected chi connectivity index (χ2v) is 7.65. The second-order valence-electron chi connectivity index (χ2n) is 5.86. The van der Waals surface area contributed by atoms with Crippen molar-refractivity contribution in [1.29, 1.82) is 0 Å². The molecule has 0 unspecified atom stereocenters. The van der Waals surface area contributed by atoms with Crippen molar-refractivity contribution >= 4 is 35.0 Å². The topological polar surface area (TPSA) is 39.9 Å². The van der Waals surface area contributed by atoms with Gasteiger partial charge in [-0.15, -0.1) is 10.2 Å². The van der Waals surface area contributed by atoms with Crippen molar-refractivity contribution < 1.29 is 9.13 Å². The van der Waals surface area contributed by atoms with E-state index in [1.54, 1.807) is 30.3 Å². The maximum Gasteiger partial charge on any atom is 0.191 e. The molecule has 0 spiro atoms. The first kappa shape index (κ1) is 20.0. The number of nitrogens with zero attached hydrogens (tertiary/aromatic N) is 3. The highest BCUT2D eigenvalue weighted by molar-refractivity contribution is 7.98. The predicted molar refractivity (Wildman–Crippen MR) is 107 cm³/mol. The normalized spacial score (nSPS) is 11.0. The highest BCUT2D eigenvalue weighted by Gasteiger charge is 2.11. The maximum absolute atomic E-state index is 13.7. The van der Waals surface area contributed by atoms with E-state index in [1.165, 1.54) is 17.8 Å². The number of halogens is 3. The van der Waals surface area contributed by atoms with Crippen LogP contribution in [-0.4, -0.2) is 21.4 Å². The fourth-order valence-electron chi connectivity index (χ4n) is 2.45. The third-order valence-corrected chi connectivity index (χ3v) is 5.54. The molecule has 0 aliphatic carbocycles. The summed E-state index contributed by atoms with van der Waals surface area (Å²) in [6.45, 7) is 0.506. The molecule has 0 saturated carbocycles. The van der Waals surface area contributed by atoms with Crippen LogP contribution in [0.3, 0.4) is 0 Å². The van der Waals surface area contributed by atoms with E-state index in [4.69, 9.17) is 27.9 Å². The van der Waals surface area contributed by atoms with Crippen LogP contribution in [-0.2, 0) is 19.2 Å². The van der Waals surface area contributed by atoms with Gasteiger partial charge < -0.3 is 9.30 Å². The molecule has 2 aromatic carbocycles. The van der Waals surface area contributed by atoms with Gasteiger partial charge in [-0.2, -0.15) is 0 Å². The third kappa shape index (κ3) is 5.37. The monoisotopic (exact) mass is 425 g/mol. The van der Waals surface area contributed by atoms with Crippen LogP contribution in [0.1, 0.15) is 17.8 Å². The largest absolute Gasteiger partial charge is 0.492 e. The van der Waals surface area contributed by atoms with Crippen molar-refractivity contribution in [3.05, 3.63) is 69.7 Å². The lowest BCUT2D eigenvalue weighted by molar-refractivity contribution is 0.309. The molecule has 3 rings (SSSR count). The molecule has 142 valence electrons. The van der Waals surface area contributed by atoms with Gasteiger partial charge >= 0.3 is 0 Å². The van der Waals surface area contributed by atoms with Crippen molar-refractivity contribution in [1.82, 2.24) is 14.8 Å². The van der Waals surface area contributed by atoms with Crippen LogP contribution in [0.4, 0.5) is 4.39 Å². The summed E-state index contributed by atoms with van der Waals surface area (Å²) in [4.78, 5) is 0. The molecule has 1 aromatic heterocycles. The van der Waals surface area contributed by atoms with Crippen molar-refractivity contribution in [2.24, 2.45) is 7.05 Å². The fourth-order valence-corrected chi connectivity index (χ4v) is 3.83. The summed E-state index contributed by atoms with van der Waals surface area (Å²) in [6, 6.07) is 11.9. The molecule has 1 heterocycles. The molecule has 0 N–H and O–H groups in total. The molecule has 0 atom stereocenters. The summed E-state index contributed by atoms with van der Waals surface area (Å²) in [5, 5.41) is 10.2. The molecular weight excluding hydrogens is 408 g/mol. The van der Waals surface area contributed by atoms with Crippen LogP contribution in [0.25, 0.3) is 0 Å². The lowest BCUT2D eigenvalue weighted by Crippen LogP contribution is -2.04. The Balaban J connectivity index is 1.49. The Bertz CT molecular complexity index is 920. The second kappa shape index (κ2) is 9.44. The standard InChI is InChI=1S/C19H18Cl2FN3OS/c1-25-18(7-4-10-26-17-9-8-14(20)11-15(17)21)23-24-19(25)27-12-13-5-2-3-6-16(13)22/h2-3,5-6,8-9,11H,4,7,10,12H2,1H3. The fraction of sp³-hybridized carbons (Fsp3) is 0.263. The van der Waals surface area contributed by atoms with Crippen LogP contribution in [0.5, 0.6) is 5.75 Å². The first-order chi connectivity index (χ1) is 13.0. The number of thioether (sulfide) groups is 1. The first-order valence-corrected chi connectivity index (χ1v) is 10.1. The Morgan fingerprint density at radius 1 is 1.15 bits per heavy atom. The average molecular weight is 426 g/mol. The molecular formula is C19H18Cl2FN3OS. The minimum absolute atomic E-state index is 0.203. The van der Waals surface area contributed by atoms with E-state index in [9.17, 15) is 4.39 Å². The lowest BCUT2D eigenvalue weighted by atomic mass is 10.2. The van der Waals surface area contributed by atoms with Crippen molar-refractivity contribution in [2.45, 2.75) is 23.8 Å². The summed E-state index contributed by atoms with van der Waals surface area (Å²) < 4.78 is 21.3. The van der Waals surface area contributed by atoms with Gasteiger partial charge in [0, 0.05) is 24.2 Å². The first-order valence-electron chi connectivity index (χ1n) is 8.37. The summed E-state index contributed by atoms with van der Waals surface area (Å²) in [5.74, 6) is 1.78. The molecule has 0 aliphatic rings. The summed E-state index contributed by atoms with van der Waals surface area (Å²) >= 11 is 13.4. The number of rotatable bonds is 8. The molecule has 0 aliphatic heterocycles. The van der Waals surface area contributed by atoms with Gasteiger partial charge in [-0.3, -0.25) is 0 Å². The van der Waals surface area contributed by atoms with Crippen molar-refractivity contribution in [2.75, 3.05) is 6.61 Å². The summed E-state index contributed by atoms with van der Waals surface area (Å²) in [7, 11) is 1.91. The lowest BCUT2D eigenvalue weighted by Gasteiger charge is -2.08. The van der Waals surface area contributed by atoms with Crippen LogP contribution in [0.2, 0.25) is 10.0 Å². The third-order valence-electron chi connectivity index (χ3n) is 3.94. The average Bonchev–Trinajstić information content (AvgIpc) is 2.99. The Kier molecular flexibility index (Phi) is 6.99. The molecule has 0 fully saturated rings. The number of ether oxygens (including phenoxy) is 1. The van der Waals surface area contributed by atoms with E-state index >= 15 is 0 Å². The van der Waals surface area contributed by atoms with E-state index in [1.807, 2.05) is 17.7 Å². The van der Waals surface area contributed by atoms with Crippen LogP contribution < -0.4 is 4.74 Å². The van der Waals surface area contributed by atoms with Gasteiger partial charge in [-0.05, 0) is 36.2 Å². The number of hydrogen-bond acceptors (Lipinski definition) is 4. The molecule has 27 heavy (non-hydrogen) atoms. The Labute approximate surface area is 171 Å². The van der Waals surface area contributed by atoms with Crippen LogP contribution >= 0.6 is 35.0 Å².